The van der Waals surface area contributed by atoms with Gasteiger partial charge in [0.15, 0.2) is 0 Å². The Morgan fingerprint density at radius 1 is 1.31 bits per heavy atom. The van der Waals surface area contributed by atoms with E-state index in [-0.39, 0.29) is 17.1 Å². The summed E-state index contributed by atoms with van der Waals surface area (Å²) < 4.78 is 10.1. The molecule has 1 radical (unpaired) electrons. The molecule has 0 aromatic carbocycles. The Labute approximate surface area is 90.7 Å². The van der Waals surface area contributed by atoms with E-state index in [4.69, 9.17) is 0 Å². The first kappa shape index (κ1) is 12.3. The van der Waals surface area contributed by atoms with Crippen LogP contribution in [0.3, 0.4) is 0 Å². The van der Waals surface area contributed by atoms with Crippen molar-refractivity contribution in [2.45, 2.75) is 0 Å². The monoisotopic (exact) mass is 240 g/mol. The summed E-state index contributed by atoms with van der Waals surface area (Å²) in [7, 11) is -0.909. The fraction of sp³-hybridized carbons (Fsp3) is 0. The second-order valence-electron chi connectivity index (χ2n) is 1.87. The van der Waals surface area contributed by atoms with E-state index >= 15 is 0 Å². The van der Waals surface area contributed by atoms with Crippen molar-refractivity contribution in [3.05, 3.63) is 53.6 Å². The van der Waals surface area contributed by atoms with Gasteiger partial charge in [0.2, 0.25) is 0 Å². The van der Waals surface area contributed by atoms with Crippen LogP contribution in [0.25, 0.3) is 0 Å². The van der Waals surface area contributed by atoms with Crippen molar-refractivity contribution in [2.75, 3.05) is 0 Å². The maximum atomic E-state index is 10.1. The van der Waals surface area contributed by atoms with Crippen LogP contribution in [-0.2, 0) is 27.9 Å². The van der Waals surface area contributed by atoms with Gasteiger partial charge in [0.05, 0.1) is 0 Å². The summed E-state index contributed by atoms with van der Waals surface area (Å²) in [5.41, 5.74) is 0. The van der Waals surface area contributed by atoms with Gasteiger partial charge < -0.3 is 4.98 Å². The summed E-state index contributed by atoms with van der Waals surface area (Å²) in [6, 6.07) is 5.50. The molecule has 1 aliphatic rings. The quantitative estimate of drug-likeness (QED) is 0.508. The third-order valence-electron chi connectivity index (χ3n) is 1.000. The van der Waals surface area contributed by atoms with Gasteiger partial charge in [-0.2, -0.15) is 23.6 Å². The Morgan fingerprint density at radius 3 is 2.31 bits per heavy atom. The predicted octanol–water partition coefficient (Wildman–Crippen LogP) is 1.46. The molecule has 0 spiro atoms. The summed E-state index contributed by atoms with van der Waals surface area (Å²) in [4.78, 5) is 3.66. The van der Waals surface area contributed by atoms with Gasteiger partial charge in [-0.1, -0.05) is 17.8 Å². The number of hydrogen-bond donors (Lipinski definition) is 0. The van der Waals surface area contributed by atoms with E-state index in [0.29, 0.717) is 0 Å². The summed E-state index contributed by atoms with van der Waals surface area (Å²) >= 11 is 0. The van der Waals surface area contributed by atoms with Crippen molar-refractivity contribution < 1.29 is 21.3 Å². The molecule has 2 nitrogen and oxygen atoms in total. The van der Waals surface area contributed by atoms with Crippen molar-refractivity contribution in [2.24, 2.45) is 0 Å². The van der Waals surface area contributed by atoms with Crippen LogP contribution >= 0.6 is 0 Å². The molecule has 2 heterocycles. The van der Waals surface area contributed by atoms with Gasteiger partial charge in [0, 0.05) is 0 Å². The third kappa shape index (κ3) is 6.46. The van der Waals surface area contributed by atoms with E-state index in [1.165, 1.54) is 0 Å². The van der Waals surface area contributed by atoms with Crippen molar-refractivity contribution in [1.82, 2.24) is 4.98 Å². The SMILES string of the molecule is O=S1[C-]=CC=C1.[Cu+2].[c-]1ccccn1. The molecule has 0 aliphatic carbocycles. The average Bonchev–Trinajstić information content (AvgIpc) is 2.60. The first-order valence-electron chi connectivity index (χ1n) is 3.33. The number of nitrogens with zero attached hydrogens (tertiary/aromatic N) is 1. The van der Waals surface area contributed by atoms with Crippen LogP contribution < -0.4 is 0 Å². The molecule has 4 heteroatoms. The number of pyridine rings is 1. The molecule has 0 fully saturated rings. The smallest absolute Gasteiger partial charge is 0.394 e. The van der Waals surface area contributed by atoms with Crippen LogP contribution in [0.2, 0.25) is 0 Å². The average molecular weight is 241 g/mol. The van der Waals surface area contributed by atoms with E-state index in [2.05, 4.69) is 16.6 Å². The van der Waals surface area contributed by atoms with Gasteiger partial charge in [-0.05, 0) is 10.8 Å². The summed E-state index contributed by atoms with van der Waals surface area (Å²) in [6.45, 7) is 0. The number of aromatic nitrogens is 1. The minimum absolute atomic E-state index is 0. The minimum Gasteiger partial charge on any atom is -0.394 e. The molecule has 1 atom stereocenters. The first-order chi connectivity index (χ1) is 5.89. The molecule has 0 bridgehead atoms. The van der Waals surface area contributed by atoms with Gasteiger partial charge in [-0.25, -0.2) is 12.2 Å². The van der Waals surface area contributed by atoms with E-state index in [1.54, 1.807) is 29.8 Å². The molecule has 1 aliphatic heterocycles. The van der Waals surface area contributed by atoms with Gasteiger partial charge in [0.1, 0.15) is 0 Å². The van der Waals surface area contributed by atoms with E-state index in [1.807, 2.05) is 12.1 Å². The second-order valence-corrected chi connectivity index (χ2v) is 2.97. The van der Waals surface area contributed by atoms with Crippen molar-refractivity contribution in [3.63, 3.8) is 0 Å². The normalized spacial score (nSPS) is 17.1. The second kappa shape index (κ2) is 7.92. The molecule has 1 unspecified atom stereocenters. The summed E-state index contributed by atoms with van der Waals surface area (Å²) in [5.74, 6) is 0. The van der Waals surface area contributed by atoms with Crippen LogP contribution in [0.1, 0.15) is 0 Å². The van der Waals surface area contributed by atoms with Gasteiger partial charge >= 0.3 is 17.1 Å². The Morgan fingerprint density at radius 2 is 2.15 bits per heavy atom. The first-order valence-corrected chi connectivity index (χ1v) is 4.55. The number of allylic oxidation sites excluding steroid dienone is 2. The van der Waals surface area contributed by atoms with Crippen LogP contribution in [0, 0.1) is 11.6 Å². The van der Waals surface area contributed by atoms with E-state index in [9.17, 15) is 4.21 Å². The molecular formula is C9H7CuNOS. The maximum Gasteiger partial charge on any atom is 2.00 e. The fourth-order valence-electron chi connectivity index (χ4n) is 0.534. The minimum atomic E-state index is -0.909. The molecule has 1 aromatic rings. The molecule has 0 saturated carbocycles. The van der Waals surface area contributed by atoms with Crippen molar-refractivity contribution >= 4 is 10.8 Å². The maximum absolute atomic E-state index is 10.1. The Balaban J connectivity index is 0.000000206. The van der Waals surface area contributed by atoms with Crippen LogP contribution in [0.4, 0.5) is 0 Å². The van der Waals surface area contributed by atoms with Crippen LogP contribution in [0.5, 0.6) is 0 Å². The van der Waals surface area contributed by atoms with Crippen molar-refractivity contribution in [3.8, 4) is 0 Å². The van der Waals surface area contributed by atoms with Crippen LogP contribution in [0.15, 0.2) is 42.0 Å². The van der Waals surface area contributed by atoms with Gasteiger partial charge in [-0.15, -0.1) is 0 Å². The Kier molecular flexibility index (Phi) is 7.50. The third-order valence-corrected chi connectivity index (χ3v) is 1.77. The molecule has 0 amide bonds. The molecule has 0 N–H and O–H groups in total. The fourth-order valence-corrected chi connectivity index (χ4v) is 1.05. The Hall–Kier alpha value is -0.701. The molecule has 2 rings (SSSR count). The van der Waals surface area contributed by atoms with E-state index in [0.717, 1.165) is 0 Å². The molecule has 71 valence electrons. The van der Waals surface area contributed by atoms with Gasteiger partial charge in [0.25, 0.3) is 0 Å². The topological polar surface area (TPSA) is 30.0 Å². The van der Waals surface area contributed by atoms with Crippen molar-refractivity contribution in [1.29, 1.82) is 0 Å². The largest absolute Gasteiger partial charge is 2.00 e. The Bertz CT molecular complexity index is 257. The summed E-state index contributed by atoms with van der Waals surface area (Å²) in [6.07, 6.45) is 7.70. The molecule has 1 aromatic heterocycles. The molecule has 0 saturated heterocycles. The van der Waals surface area contributed by atoms with E-state index < -0.39 is 10.8 Å². The molecular weight excluding hydrogens is 234 g/mol. The number of hydrogen-bond acceptors (Lipinski definition) is 2. The zero-order valence-corrected chi connectivity index (χ0v) is 8.36. The molecule has 13 heavy (non-hydrogen) atoms. The zero-order valence-electron chi connectivity index (χ0n) is 6.61. The standard InChI is InChI=1S/C5H4N.C4H3OS.Cu/c1-2-4-6-5-3-1;5-6-3-1-2-4-6;/h1-4H;1-3H;/q2*-1;+2. The van der Waals surface area contributed by atoms with Crippen LogP contribution in [-0.4, -0.2) is 9.19 Å². The van der Waals surface area contributed by atoms with Gasteiger partial charge in [-0.3, -0.25) is 4.21 Å². The summed E-state index contributed by atoms with van der Waals surface area (Å²) in [5, 5.41) is 4.14. The number of rotatable bonds is 0. The zero-order chi connectivity index (χ0) is 8.65. The predicted molar refractivity (Wildman–Crippen MR) is 48.2 cm³/mol.